The predicted molar refractivity (Wildman–Crippen MR) is 67.7 cm³/mol. The topological polar surface area (TPSA) is 68.0 Å². The molecule has 1 heterocycles. The zero-order chi connectivity index (χ0) is 13.1. The van der Waals surface area contributed by atoms with Crippen molar-refractivity contribution in [1.82, 2.24) is 4.98 Å². The number of carbonyl (C=O) groups is 1. The number of aryl methyl sites for hydroxylation is 1. The van der Waals surface area contributed by atoms with E-state index < -0.39 is 0 Å². The summed E-state index contributed by atoms with van der Waals surface area (Å²) in [7, 11) is 0. The minimum Gasteiger partial charge on any atom is -0.383 e. The van der Waals surface area contributed by atoms with Crippen LogP contribution in [0.15, 0.2) is 36.4 Å². The number of carbonyl (C=O) groups excluding carboxylic acids is 1. The Labute approximate surface area is 104 Å². The number of rotatable bonds is 2. The highest BCUT2D eigenvalue weighted by atomic mass is 19.1. The van der Waals surface area contributed by atoms with E-state index in [2.05, 4.69) is 10.3 Å². The highest BCUT2D eigenvalue weighted by Crippen LogP contribution is 2.14. The van der Waals surface area contributed by atoms with Crippen LogP contribution in [0.2, 0.25) is 0 Å². The van der Waals surface area contributed by atoms with Crippen LogP contribution in [0.3, 0.4) is 0 Å². The van der Waals surface area contributed by atoms with Gasteiger partial charge >= 0.3 is 0 Å². The monoisotopic (exact) mass is 245 g/mol. The first-order chi connectivity index (χ1) is 8.56. The lowest BCUT2D eigenvalue weighted by Crippen LogP contribution is -2.15. The maximum Gasteiger partial charge on any atom is 0.259 e. The maximum atomic E-state index is 12.7. The van der Waals surface area contributed by atoms with E-state index in [9.17, 15) is 9.18 Å². The molecule has 0 aliphatic rings. The van der Waals surface area contributed by atoms with Gasteiger partial charge < -0.3 is 11.1 Å². The number of anilines is 2. The molecule has 0 aliphatic carbocycles. The Bertz CT molecular complexity index is 581. The summed E-state index contributed by atoms with van der Waals surface area (Å²) in [6.07, 6.45) is 0. The van der Waals surface area contributed by atoms with Crippen LogP contribution in [-0.4, -0.2) is 10.9 Å². The lowest BCUT2D eigenvalue weighted by atomic mass is 10.2. The van der Waals surface area contributed by atoms with Gasteiger partial charge in [0.1, 0.15) is 11.6 Å². The zero-order valence-electron chi connectivity index (χ0n) is 9.77. The van der Waals surface area contributed by atoms with Crippen molar-refractivity contribution in [3.63, 3.8) is 0 Å². The van der Waals surface area contributed by atoms with Gasteiger partial charge in [-0.25, -0.2) is 9.37 Å². The number of hydrogen-bond donors (Lipinski definition) is 2. The van der Waals surface area contributed by atoms with Gasteiger partial charge in [0.25, 0.3) is 5.91 Å². The summed E-state index contributed by atoms with van der Waals surface area (Å²) < 4.78 is 12.7. The molecule has 5 heteroatoms. The summed E-state index contributed by atoms with van der Waals surface area (Å²) >= 11 is 0. The average Bonchev–Trinajstić information content (AvgIpc) is 2.32. The fourth-order valence-corrected chi connectivity index (χ4v) is 1.50. The summed E-state index contributed by atoms with van der Waals surface area (Å²) in [5.41, 5.74) is 7.21. The van der Waals surface area contributed by atoms with Crippen LogP contribution >= 0.6 is 0 Å². The predicted octanol–water partition coefficient (Wildman–Crippen LogP) is 2.36. The van der Waals surface area contributed by atoms with Gasteiger partial charge in [0.15, 0.2) is 0 Å². The van der Waals surface area contributed by atoms with Gasteiger partial charge in [-0.3, -0.25) is 4.79 Å². The van der Waals surface area contributed by atoms with Crippen molar-refractivity contribution in [2.75, 3.05) is 11.1 Å². The quantitative estimate of drug-likeness (QED) is 0.853. The Hall–Kier alpha value is -2.43. The fourth-order valence-electron chi connectivity index (χ4n) is 1.50. The Morgan fingerprint density at radius 1 is 1.22 bits per heavy atom. The molecule has 2 rings (SSSR count). The fraction of sp³-hybridized carbons (Fsp3) is 0.0769. The normalized spacial score (nSPS) is 10.1. The van der Waals surface area contributed by atoms with Crippen LogP contribution < -0.4 is 11.1 Å². The highest BCUT2D eigenvalue weighted by Gasteiger charge is 2.10. The third kappa shape index (κ3) is 2.63. The Morgan fingerprint density at radius 2 is 1.89 bits per heavy atom. The second-order valence-corrected chi connectivity index (χ2v) is 3.85. The van der Waals surface area contributed by atoms with Gasteiger partial charge in [-0.15, -0.1) is 0 Å². The smallest absolute Gasteiger partial charge is 0.259 e. The van der Waals surface area contributed by atoms with Crippen molar-refractivity contribution in [3.8, 4) is 0 Å². The molecule has 0 aliphatic heterocycles. The molecule has 4 nitrogen and oxygen atoms in total. The maximum absolute atomic E-state index is 12.7. The standard InChI is InChI=1S/C13H12FN3O/c1-8-2-7-11(12(15)16-8)13(18)17-10-5-3-9(14)4-6-10/h2-7H,1H3,(H2,15,16)(H,17,18). The van der Waals surface area contributed by atoms with Crippen LogP contribution in [0.25, 0.3) is 0 Å². The van der Waals surface area contributed by atoms with Crippen molar-refractivity contribution in [1.29, 1.82) is 0 Å². The number of nitrogen functional groups attached to an aromatic ring is 1. The van der Waals surface area contributed by atoms with Crippen molar-refractivity contribution < 1.29 is 9.18 Å². The van der Waals surface area contributed by atoms with Crippen molar-refractivity contribution in [2.24, 2.45) is 0 Å². The van der Waals surface area contributed by atoms with Crippen LogP contribution in [-0.2, 0) is 0 Å². The summed E-state index contributed by atoms with van der Waals surface area (Å²) in [5.74, 6) is -0.550. The zero-order valence-corrected chi connectivity index (χ0v) is 9.77. The number of hydrogen-bond acceptors (Lipinski definition) is 3. The lowest BCUT2D eigenvalue weighted by molar-refractivity contribution is 0.102. The Kier molecular flexibility index (Phi) is 3.23. The minimum atomic E-state index is -0.369. The minimum absolute atomic E-state index is 0.176. The van der Waals surface area contributed by atoms with E-state index in [1.165, 1.54) is 24.3 Å². The molecule has 1 aromatic heterocycles. The molecule has 0 radical (unpaired) electrons. The number of benzene rings is 1. The van der Waals surface area contributed by atoms with Gasteiger partial charge in [-0.1, -0.05) is 0 Å². The van der Waals surface area contributed by atoms with Gasteiger partial charge in [-0.05, 0) is 43.3 Å². The molecule has 0 saturated carbocycles. The molecule has 0 unspecified atom stereocenters. The number of nitrogens with one attached hydrogen (secondary N) is 1. The molecule has 0 saturated heterocycles. The molecule has 92 valence electrons. The van der Waals surface area contributed by atoms with E-state index >= 15 is 0 Å². The van der Waals surface area contributed by atoms with E-state index in [-0.39, 0.29) is 17.5 Å². The molecular formula is C13H12FN3O. The van der Waals surface area contributed by atoms with E-state index in [4.69, 9.17) is 5.73 Å². The summed E-state index contributed by atoms with van der Waals surface area (Å²) in [4.78, 5) is 15.9. The van der Waals surface area contributed by atoms with Crippen molar-refractivity contribution >= 4 is 17.4 Å². The van der Waals surface area contributed by atoms with Crippen LogP contribution in [0.5, 0.6) is 0 Å². The SMILES string of the molecule is Cc1ccc(C(=O)Nc2ccc(F)cc2)c(N)n1. The molecule has 0 atom stereocenters. The Morgan fingerprint density at radius 3 is 2.50 bits per heavy atom. The van der Waals surface area contributed by atoms with Crippen molar-refractivity contribution in [2.45, 2.75) is 6.92 Å². The Balaban J connectivity index is 2.19. The van der Waals surface area contributed by atoms with Crippen LogP contribution in [0.1, 0.15) is 16.1 Å². The third-order valence-corrected chi connectivity index (χ3v) is 2.41. The molecule has 2 aromatic rings. The van der Waals surface area contributed by atoms with E-state index in [0.717, 1.165) is 5.69 Å². The van der Waals surface area contributed by atoms with Crippen LogP contribution in [0.4, 0.5) is 15.9 Å². The molecule has 1 amide bonds. The van der Waals surface area contributed by atoms with E-state index in [0.29, 0.717) is 11.3 Å². The molecule has 1 aromatic carbocycles. The van der Waals surface area contributed by atoms with Gasteiger partial charge in [-0.2, -0.15) is 0 Å². The summed E-state index contributed by atoms with van der Waals surface area (Å²) in [5, 5.41) is 2.62. The van der Waals surface area contributed by atoms with E-state index in [1.54, 1.807) is 19.1 Å². The third-order valence-electron chi connectivity index (χ3n) is 2.41. The summed E-state index contributed by atoms with van der Waals surface area (Å²) in [6, 6.07) is 8.81. The molecule has 0 spiro atoms. The second-order valence-electron chi connectivity index (χ2n) is 3.85. The highest BCUT2D eigenvalue weighted by molar-refractivity contribution is 6.07. The number of amides is 1. The summed E-state index contributed by atoms with van der Waals surface area (Å²) in [6.45, 7) is 1.79. The molecular weight excluding hydrogens is 233 g/mol. The largest absolute Gasteiger partial charge is 0.383 e. The number of nitrogens with two attached hydrogens (primary N) is 1. The molecule has 3 N–H and O–H groups in total. The number of nitrogens with zero attached hydrogens (tertiary/aromatic N) is 1. The first-order valence-corrected chi connectivity index (χ1v) is 5.36. The first-order valence-electron chi connectivity index (χ1n) is 5.36. The first kappa shape index (κ1) is 12.0. The second kappa shape index (κ2) is 4.83. The van der Waals surface area contributed by atoms with Gasteiger partial charge in [0, 0.05) is 11.4 Å². The van der Waals surface area contributed by atoms with Gasteiger partial charge in [0.05, 0.1) is 5.56 Å². The number of pyridine rings is 1. The molecule has 0 fully saturated rings. The molecule has 18 heavy (non-hydrogen) atoms. The lowest BCUT2D eigenvalue weighted by Gasteiger charge is -2.07. The number of aromatic nitrogens is 1. The van der Waals surface area contributed by atoms with Gasteiger partial charge in [0.2, 0.25) is 0 Å². The van der Waals surface area contributed by atoms with Crippen LogP contribution in [0, 0.1) is 12.7 Å². The van der Waals surface area contributed by atoms with Crippen molar-refractivity contribution in [3.05, 3.63) is 53.5 Å². The average molecular weight is 245 g/mol. The van der Waals surface area contributed by atoms with E-state index in [1.807, 2.05) is 0 Å². The molecule has 0 bridgehead atoms. The number of halogens is 1.